The highest BCUT2D eigenvalue weighted by Crippen LogP contribution is 2.26. The van der Waals surface area contributed by atoms with Gasteiger partial charge in [-0.1, -0.05) is 36.9 Å². The van der Waals surface area contributed by atoms with Gasteiger partial charge in [0.1, 0.15) is 5.00 Å². The molecule has 11 heavy (non-hydrogen) atoms. The summed E-state index contributed by atoms with van der Waals surface area (Å²) in [7, 11) is 0. The Hall–Kier alpha value is -0.220. The van der Waals surface area contributed by atoms with Crippen molar-refractivity contribution in [2.75, 3.05) is 11.5 Å². The minimum absolute atomic E-state index is 0.713. The Labute approximate surface area is 75.2 Å². The van der Waals surface area contributed by atoms with Crippen LogP contribution >= 0.6 is 23.1 Å². The molecule has 1 heterocycles. The van der Waals surface area contributed by atoms with Gasteiger partial charge in [-0.05, 0) is 5.92 Å². The van der Waals surface area contributed by atoms with E-state index >= 15 is 0 Å². The first-order chi connectivity index (χ1) is 5.18. The van der Waals surface area contributed by atoms with Crippen LogP contribution in [0.15, 0.2) is 10.5 Å². The van der Waals surface area contributed by atoms with Crippen molar-refractivity contribution in [1.82, 2.24) is 4.98 Å². The Bertz CT molecular complexity index is 220. The highest BCUT2D eigenvalue weighted by Gasteiger charge is 2.00. The second-order valence-corrected chi connectivity index (χ2v) is 5.06. The minimum atomic E-state index is 0.713. The fourth-order valence-electron chi connectivity index (χ4n) is 0.575. The van der Waals surface area contributed by atoms with Crippen molar-refractivity contribution in [3.05, 3.63) is 6.20 Å². The number of thiazole rings is 1. The summed E-state index contributed by atoms with van der Waals surface area (Å²) >= 11 is 3.34. The van der Waals surface area contributed by atoms with Crippen molar-refractivity contribution >= 4 is 28.1 Å². The molecule has 0 aromatic carbocycles. The van der Waals surface area contributed by atoms with Crippen molar-refractivity contribution < 1.29 is 0 Å². The third kappa shape index (κ3) is 3.12. The standard InChI is InChI=1S/C7H12N2S2/c1-5(2)4-10-7-9-3-6(8)11-7/h3,5H,4,8H2,1-2H3. The molecule has 0 radical (unpaired) electrons. The van der Waals surface area contributed by atoms with Crippen molar-refractivity contribution in [2.24, 2.45) is 5.92 Å². The molecule has 0 aliphatic rings. The Morgan fingerprint density at radius 3 is 2.91 bits per heavy atom. The summed E-state index contributed by atoms with van der Waals surface area (Å²) in [6.45, 7) is 4.40. The maximum atomic E-state index is 5.53. The van der Waals surface area contributed by atoms with Crippen LogP contribution < -0.4 is 5.73 Å². The number of nitrogen functional groups attached to an aromatic ring is 1. The van der Waals surface area contributed by atoms with Gasteiger partial charge in [-0.15, -0.1) is 0 Å². The first-order valence-electron chi connectivity index (χ1n) is 3.52. The van der Waals surface area contributed by atoms with Crippen LogP contribution in [0.3, 0.4) is 0 Å². The summed E-state index contributed by atoms with van der Waals surface area (Å²) in [6, 6.07) is 0. The van der Waals surface area contributed by atoms with E-state index in [-0.39, 0.29) is 0 Å². The van der Waals surface area contributed by atoms with Gasteiger partial charge >= 0.3 is 0 Å². The van der Waals surface area contributed by atoms with Crippen LogP contribution in [0.4, 0.5) is 5.00 Å². The van der Waals surface area contributed by atoms with Gasteiger partial charge in [-0.3, -0.25) is 0 Å². The number of rotatable bonds is 3. The molecule has 0 bridgehead atoms. The second-order valence-electron chi connectivity index (χ2n) is 2.73. The highest BCUT2D eigenvalue weighted by atomic mass is 32.2. The van der Waals surface area contributed by atoms with Crippen LogP contribution in [0, 0.1) is 5.92 Å². The van der Waals surface area contributed by atoms with Gasteiger partial charge in [0.2, 0.25) is 0 Å². The van der Waals surface area contributed by atoms with E-state index in [1.165, 1.54) is 0 Å². The van der Waals surface area contributed by atoms with Crippen LogP contribution in [0.25, 0.3) is 0 Å². The van der Waals surface area contributed by atoms with Crippen LogP contribution in [0.2, 0.25) is 0 Å². The normalized spacial score (nSPS) is 10.8. The number of anilines is 1. The Morgan fingerprint density at radius 1 is 1.73 bits per heavy atom. The lowest BCUT2D eigenvalue weighted by molar-refractivity contribution is 0.750. The molecule has 4 heteroatoms. The molecule has 62 valence electrons. The maximum Gasteiger partial charge on any atom is 0.151 e. The van der Waals surface area contributed by atoms with Crippen molar-refractivity contribution in [3.63, 3.8) is 0 Å². The molecule has 1 rings (SSSR count). The summed E-state index contributed by atoms with van der Waals surface area (Å²) in [4.78, 5) is 4.14. The van der Waals surface area contributed by atoms with E-state index in [1.807, 2.05) is 0 Å². The molecule has 0 aliphatic heterocycles. The maximum absolute atomic E-state index is 5.53. The van der Waals surface area contributed by atoms with Crippen molar-refractivity contribution in [3.8, 4) is 0 Å². The van der Waals surface area contributed by atoms with Gasteiger partial charge in [0.15, 0.2) is 4.34 Å². The summed E-state index contributed by atoms with van der Waals surface area (Å²) in [5.74, 6) is 1.83. The first-order valence-corrected chi connectivity index (χ1v) is 5.33. The molecule has 0 saturated carbocycles. The van der Waals surface area contributed by atoms with Gasteiger partial charge in [0.05, 0.1) is 6.20 Å². The second kappa shape index (κ2) is 3.97. The largest absolute Gasteiger partial charge is 0.389 e. The van der Waals surface area contributed by atoms with Crippen LogP contribution in [-0.2, 0) is 0 Å². The SMILES string of the molecule is CC(C)CSc1ncc(N)s1. The predicted octanol–water partition coefficient (Wildman–Crippen LogP) is 2.47. The van der Waals surface area contributed by atoms with Gasteiger partial charge < -0.3 is 5.73 Å². The average molecular weight is 188 g/mol. The molecule has 1 aromatic heterocycles. The number of hydrogen-bond donors (Lipinski definition) is 1. The van der Waals surface area contributed by atoms with Gasteiger partial charge in [0, 0.05) is 5.75 Å². The molecule has 0 amide bonds. The summed E-state index contributed by atoms with van der Waals surface area (Å²) in [5.41, 5.74) is 5.53. The molecule has 2 N–H and O–H groups in total. The zero-order valence-corrected chi connectivity index (χ0v) is 8.34. The van der Waals surface area contributed by atoms with Gasteiger partial charge in [0.25, 0.3) is 0 Å². The molecule has 1 aromatic rings. The highest BCUT2D eigenvalue weighted by molar-refractivity contribution is 8.01. The molecule has 0 atom stereocenters. The Balaban J connectivity index is 2.39. The summed E-state index contributed by atoms with van der Waals surface area (Å²) < 4.78 is 1.08. The monoisotopic (exact) mass is 188 g/mol. The minimum Gasteiger partial charge on any atom is -0.389 e. The fourth-order valence-corrected chi connectivity index (χ4v) is 2.32. The van der Waals surface area contributed by atoms with E-state index in [0.29, 0.717) is 5.92 Å². The van der Waals surface area contributed by atoms with Gasteiger partial charge in [-0.25, -0.2) is 4.98 Å². The lowest BCUT2D eigenvalue weighted by atomic mass is 10.3. The number of nitrogens with zero attached hydrogens (tertiary/aromatic N) is 1. The summed E-state index contributed by atoms with van der Waals surface area (Å²) in [5, 5.41) is 0.802. The topological polar surface area (TPSA) is 38.9 Å². The number of nitrogens with two attached hydrogens (primary N) is 1. The van der Waals surface area contributed by atoms with Crippen LogP contribution in [0.1, 0.15) is 13.8 Å². The molecule has 0 unspecified atom stereocenters. The van der Waals surface area contributed by atoms with E-state index in [2.05, 4.69) is 18.8 Å². The molecular formula is C7H12N2S2. The van der Waals surface area contributed by atoms with Crippen molar-refractivity contribution in [2.45, 2.75) is 18.2 Å². The lowest BCUT2D eigenvalue weighted by Gasteiger charge is -1.99. The van der Waals surface area contributed by atoms with E-state index < -0.39 is 0 Å². The van der Waals surface area contributed by atoms with Gasteiger partial charge in [-0.2, -0.15) is 0 Å². The lowest BCUT2D eigenvalue weighted by Crippen LogP contribution is -1.89. The molecule has 0 saturated heterocycles. The van der Waals surface area contributed by atoms with Crippen molar-refractivity contribution in [1.29, 1.82) is 0 Å². The molecular weight excluding hydrogens is 176 g/mol. The quantitative estimate of drug-likeness (QED) is 0.741. The number of aromatic nitrogens is 1. The molecule has 0 spiro atoms. The average Bonchev–Trinajstić information content (AvgIpc) is 2.31. The fraction of sp³-hybridized carbons (Fsp3) is 0.571. The molecule has 2 nitrogen and oxygen atoms in total. The van der Waals surface area contributed by atoms with E-state index in [9.17, 15) is 0 Å². The number of hydrogen-bond acceptors (Lipinski definition) is 4. The van der Waals surface area contributed by atoms with E-state index in [0.717, 1.165) is 15.1 Å². The summed E-state index contributed by atoms with van der Waals surface area (Å²) in [6.07, 6.45) is 1.72. The molecule has 0 aliphatic carbocycles. The van der Waals surface area contributed by atoms with Crippen LogP contribution in [-0.4, -0.2) is 10.7 Å². The third-order valence-electron chi connectivity index (χ3n) is 1.04. The first kappa shape index (κ1) is 8.87. The molecule has 0 fully saturated rings. The predicted molar refractivity (Wildman–Crippen MR) is 52.1 cm³/mol. The Kier molecular flexibility index (Phi) is 3.20. The van der Waals surface area contributed by atoms with Crippen LogP contribution in [0.5, 0.6) is 0 Å². The van der Waals surface area contributed by atoms with E-state index in [1.54, 1.807) is 29.3 Å². The number of thioether (sulfide) groups is 1. The Morgan fingerprint density at radius 2 is 2.45 bits per heavy atom. The zero-order chi connectivity index (χ0) is 8.27. The third-order valence-corrected chi connectivity index (χ3v) is 3.45. The van der Waals surface area contributed by atoms with E-state index in [4.69, 9.17) is 5.73 Å². The smallest absolute Gasteiger partial charge is 0.151 e. The zero-order valence-electron chi connectivity index (χ0n) is 6.70.